The van der Waals surface area contributed by atoms with Crippen LogP contribution in [-0.4, -0.2) is 87.4 Å². The lowest BCUT2D eigenvalue weighted by molar-refractivity contribution is -0.870. The van der Waals surface area contributed by atoms with Crippen LogP contribution in [0.3, 0.4) is 0 Å². The Morgan fingerprint density at radius 3 is 1.12 bits per heavy atom. The molecule has 0 spiro atoms. The van der Waals surface area contributed by atoms with E-state index in [2.05, 4.69) is 86.8 Å². The van der Waals surface area contributed by atoms with Gasteiger partial charge < -0.3 is 28.5 Å². The molecule has 0 aromatic heterocycles. The van der Waals surface area contributed by atoms with Crippen LogP contribution in [0.1, 0.15) is 277 Å². The Morgan fingerprint density at radius 1 is 0.408 bits per heavy atom. The van der Waals surface area contributed by atoms with Crippen molar-refractivity contribution in [1.29, 1.82) is 0 Å². The maximum absolute atomic E-state index is 12.9. The van der Waals surface area contributed by atoms with Crippen molar-refractivity contribution in [1.82, 2.24) is 0 Å². The highest BCUT2D eigenvalue weighted by Gasteiger charge is 2.25. The van der Waals surface area contributed by atoms with Gasteiger partial charge in [0.05, 0.1) is 34.4 Å². The molecule has 9 nitrogen and oxygen atoms in total. The van der Waals surface area contributed by atoms with Crippen LogP contribution in [0.5, 0.6) is 0 Å². The summed E-state index contributed by atoms with van der Waals surface area (Å²) in [6.45, 7) is 4.73. The second kappa shape index (κ2) is 57.9. The van der Waals surface area contributed by atoms with Gasteiger partial charge in [-0.05, 0) is 77.0 Å². The van der Waals surface area contributed by atoms with Crippen LogP contribution >= 0.6 is 0 Å². The predicted molar refractivity (Wildman–Crippen MR) is 323 cm³/mol. The molecule has 76 heavy (non-hydrogen) atoms. The van der Waals surface area contributed by atoms with E-state index in [9.17, 15) is 19.5 Å². The lowest BCUT2D eigenvalue weighted by Gasteiger charge is -2.25. The molecule has 0 heterocycles. The predicted octanol–water partition coefficient (Wildman–Crippen LogP) is 19.0. The molecule has 0 rings (SSSR count). The summed E-state index contributed by atoms with van der Waals surface area (Å²) in [7, 11) is 5.97. The number of esters is 2. The summed E-state index contributed by atoms with van der Waals surface area (Å²) >= 11 is 0. The van der Waals surface area contributed by atoms with E-state index in [1.165, 1.54) is 161 Å². The average molecular weight is 1070 g/mol. The number of carbonyl (C=O) groups is 3. The van der Waals surface area contributed by atoms with Gasteiger partial charge >= 0.3 is 17.9 Å². The van der Waals surface area contributed by atoms with Crippen LogP contribution in [-0.2, 0) is 33.3 Å². The Kier molecular flexibility index (Phi) is 55.4. The van der Waals surface area contributed by atoms with Crippen LogP contribution in [0.15, 0.2) is 72.9 Å². The summed E-state index contributed by atoms with van der Waals surface area (Å²) < 4.78 is 22.9. The Balaban J connectivity index is 3.99. The maximum Gasteiger partial charge on any atom is 0.361 e. The van der Waals surface area contributed by atoms with Crippen LogP contribution in [0.25, 0.3) is 0 Å². The van der Waals surface area contributed by atoms with Crippen molar-refractivity contribution in [3.05, 3.63) is 72.9 Å². The second-order valence-electron chi connectivity index (χ2n) is 22.3. The molecule has 0 aliphatic heterocycles. The molecule has 2 atom stereocenters. The summed E-state index contributed by atoms with van der Waals surface area (Å²) in [5.41, 5.74) is 0. The fourth-order valence-corrected chi connectivity index (χ4v) is 8.85. The monoisotopic (exact) mass is 1070 g/mol. The van der Waals surface area contributed by atoms with E-state index in [0.717, 1.165) is 89.9 Å². The quantitative estimate of drug-likeness (QED) is 0.0211. The number of aliphatic carboxylic acids is 1. The first kappa shape index (κ1) is 72.7. The first-order valence-corrected chi connectivity index (χ1v) is 31.6. The van der Waals surface area contributed by atoms with Crippen LogP contribution in [0, 0.1) is 0 Å². The molecule has 0 radical (unpaired) electrons. The maximum atomic E-state index is 12.9. The van der Waals surface area contributed by atoms with Crippen molar-refractivity contribution in [2.45, 2.75) is 289 Å². The molecule has 1 N–H and O–H groups in total. The third-order valence-electron chi connectivity index (χ3n) is 13.7. The largest absolute Gasteiger partial charge is 0.477 e. The van der Waals surface area contributed by atoms with Gasteiger partial charge in [0, 0.05) is 12.8 Å². The normalized spacial score (nSPS) is 13.2. The van der Waals surface area contributed by atoms with Gasteiger partial charge in [0.15, 0.2) is 6.10 Å². The van der Waals surface area contributed by atoms with E-state index < -0.39 is 24.3 Å². The van der Waals surface area contributed by atoms with Gasteiger partial charge in [0.25, 0.3) is 6.29 Å². The van der Waals surface area contributed by atoms with E-state index >= 15 is 0 Å². The number of ether oxygens (including phenoxy) is 4. The summed E-state index contributed by atoms with van der Waals surface area (Å²) in [6.07, 6.45) is 73.0. The van der Waals surface area contributed by atoms with Gasteiger partial charge in [-0.3, -0.25) is 9.59 Å². The van der Waals surface area contributed by atoms with Gasteiger partial charge in [-0.2, -0.15) is 0 Å². The van der Waals surface area contributed by atoms with Gasteiger partial charge in [0.1, 0.15) is 13.2 Å². The number of allylic oxidation sites excluding steroid dienone is 12. The lowest BCUT2D eigenvalue weighted by atomic mass is 10.0. The number of carbonyl (C=O) groups excluding carboxylic acids is 2. The fourth-order valence-electron chi connectivity index (χ4n) is 8.85. The van der Waals surface area contributed by atoms with E-state index in [1.54, 1.807) is 0 Å². The standard InChI is InChI=1S/C67H119NO8/c1-6-8-10-12-14-16-18-20-22-23-24-25-26-27-28-29-30-31-32-33-34-35-36-37-38-39-40-41-42-43-44-46-48-50-52-54-56-58-65(70)76-63(62-75-67(66(71)72)73-60-59-68(3,4)5)61-74-64(69)57-55-53-51-49-47-45-21-19-17-15-13-11-9-7-2/h8,10,13-16,19-22,24-25,63,67H,6-7,9,11-12,17-18,23,26-62H2,1-5H3/p+1/b10-8-,15-13-,16-14-,21-19-,22-20-,25-24-. The highest BCUT2D eigenvalue weighted by Crippen LogP contribution is 2.17. The molecule has 0 aromatic carbocycles. The van der Waals surface area contributed by atoms with Gasteiger partial charge in [-0.1, -0.05) is 260 Å². The van der Waals surface area contributed by atoms with Crippen molar-refractivity contribution in [3.8, 4) is 0 Å². The molecule has 0 fully saturated rings. The minimum Gasteiger partial charge on any atom is -0.477 e. The number of carboxylic acid groups (broad SMARTS) is 1. The van der Waals surface area contributed by atoms with Gasteiger partial charge in [-0.25, -0.2) is 4.79 Å². The Labute approximate surface area is 468 Å². The Morgan fingerprint density at radius 2 is 0.750 bits per heavy atom. The van der Waals surface area contributed by atoms with E-state index in [1.807, 2.05) is 21.1 Å². The minimum absolute atomic E-state index is 0.185. The number of quaternary nitrogens is 1. The molecular formula is C67H120NO8+. The number of carboxylic acids is 1. The summed E-state index contributed by atoms with van der Waals surface area (Å²) in [4.78, 5) is 37.4. The molecule has 0 amide bonds. The van der Waals surface area contributed by atoms with E-state index in [4.69, 9.17) is 18.9 Å². The van der Waals surface area contributed by atoms with Crippen LogP contribution < -0.4 is 0 Å². The summed E-state index contributed by atoms with van der Waals surface area (Å²) in [6, 6.07) is 0. The number of rotatable bonds is 58. The second-order valence-corrected chi connectivity index (χ2v) is 22.3. The molecule has 0 saturated carbocycles. The lowest BCUT2D eigenvalue weighted by Crippen LogP contribution is -2.40. The summed E-state index contributed by atoms with van der Waals surface area (Å²) in [5.74, 6) is -2.01. The molecule has 440 valence electrons. The summed E-state index contributed by atoms with van der Waals surface area (Å²) in [5, 5.41) is 9.70. The average Bonchev–Trinajstić information content (AvgIpc) is 3.39. The number of hydrogen-bond acceptors (Lipinski definition) is 7. The molecule has 0 bridgehead atoms. The molecular weight excluding hydrogens is 947 g/mol. The zero-order valence-corrected chi connectivity index (χ0v) is 50.2. The molecule has 2 unspecified atom stereocenters. The Hall–Kier alpha value is -3.27. The van der Waals surface area contributed by atoms with Crippen LogP contribution in [0.4, 0.5) is 0 Å². The molecule has 0 saturated heterocycles. The number of likely N-dealkylation sites (N-methyl/N-ethyl adjacent to an activating group) is 1. The Bertz CT molecular complexity index is 1470. The zero-order chi connectivity index (χ0) is 55.5. The highest BCUT2D eigenvalue weighted by molar-refractivity contribution is 5.71. The first-order chi connectivity index (χ1) is 37.1. The third-order valence-corrected chi connectivity index (χ3v) is 13.7. The van der Waals surface area contributed by atoms with Crippen LogP contribution in [0.2, 0.25) is 0 Å². The third kappa shape index (κ3) is 58.4. The number of nitrogens with zero attached hydrogens (tertiary/aromatic N) is 1. The van der Waals surface area contributed by atoms with Crippen molar-refractivity contribution >= 4 is 17.9 Å². The van der Waals surface area contributed by atoms with Crippen molar-refractivity contribution in [3.63, 3.8) is 0 Å². The molecule has 0 aromatic rings. The van der Waals surface area contributed by atoms with E-state index in [0.29, 0.717) is 11.0 Å². The van der Waals surface area contributed by atoms with E-state index in [-0.39, 0.29) is 38.6 Å². The number of unbranched alkanes of at least 4 members (excludes halogenated alkanes) is 31. The van der Waals surface area contributed by atoms with Crippen molar-refractivity contribution in [2.75, 3.05) is 47.5 Å². The zero-order valence-electron chi connectivity index (χ0n) is 50.2. The fraction of sp³-hybridized carbons (Fsp3) is 0.776. The molecule has 0 aliphatic carbocycles. The first-order valence-electron chi connectivity index (χ1n) is 31.6. The van der Waals surface area contributed by atoms with Crippen molar-refractivity contribution in [2.24, 2.45) is 0 Å². The topological polar surface area (TPSA) is 108 Å². The number of hydrogen-bond donors (Lipinski definition) is 1. The van der Waals surface area contributed by atoms with Gasteiger partial charge in [0.2, 0.25) is 0 Å². The van der Waals surface area contributed by atoms with Gasteiger partial charge in [-0.15, -0.1) is 0 Å². The molecule has 9 heteroatoms. The SMILES string of the molecule is CC/C=C\C/C=C\C/C=C\C/C=C\CCCCCCCCCCCCCCCCCCCCCCCCCCC(=O)OC(COC(=O)CCCCCCC/C=C\C/C=C\CCCC)COC(OCC[N+](C)(C)C)C(=O)O. The van der Waals surface area contributed by atoms with Crippen molar-refractivity contribution < 1.29 is 42.9 Å². The smallest absolute Gasteiger partial charge is 0.361 e. The minimum atomic E-state index is -1.51. The highest BCUT2D eigenvalue weighted by atomic mass is 16.7. The molecule has 0 aliphatic rings.